The summed E-state index contributed by atoms with van der Waals surface area (Å²) in [5, 5.41) is 24.8. The van der Waals surface area contributed by atoms with E-state index >= 15 is 0 Å². The van der Waals surface area contributed by atoms with Crippen molar-refractivity contribution in [2.24, 2.45) is 5.73 Å². The summed E-state index contributed by atoms with van der Waals surface area (Å²) in [6.45, 7) is 9.23. The van der Waals surface area contributed by atoms with E-state index in [4.69, 9.17) is 63.0 Å². The number of guanidine groups is 2. The van der Waals surface area contributed by atoms with Crippen molar-refractivity contribution in [2.75, 3.05) is 23.9 Å². The number of nitrogens with two attached hydrogens (primary N) is 1. The van der Waals surface area contributed by atoms with Crippen LogP contribution in [0.4, 0.5) is 21.0 Å². The van der Waals surface area contributed by atoms with Gasteiger partial charge in [0.05, 0.1) is 21.4 Å². The van der Waals surface area contributed by atoms with E-state index in [-0.39, 0.29) is 29.9 Å². The highest BCUT2D eigenvalue weighted by Gasteiger charge is 2.19. The number of nitrogens with one attached hydrogen (secondary N) is 5. The van der Waals surface area contributed by atoms with Crippen molar-refractivity contribution in [3.8, 4) is 0 Å². The second kappa shape index (κ2) is 15.2. The smallest absolute Gasteiger partial charge is 0.321 e. The summed E-state index contributed by atoms with van der Waals surface area (Å²) in [6.07, 6.45) is 0. The largest absolute Gasteiger partial charge is 0.351 e. The molecule has 0 saturated carbocycles. The molecule has 0 aliphatic rings. The van der Waals surface area contributed by atoms with Gasteiger partial charge in [-0.3, -0.25) is 21.5 Å². The molecular weight excluding hydrogens is 610 g/mol. The van der Waals surface area contributed by atoms with Crippen LogP contribution in [0, 0.1) is 24.7 Å². The molecule has 0 saturated heterocycles. The van der Waals surface area contributed by atoms with Gasteiger partial charge in [0.2, 0.25) is 11.9 Å². The van der Waals surface area contributed by atoms with Crippen LogP contribution in [0.3, 0.4) is 0 Å². The quantitative estimate of drug-likeness (QED) is 0.163. The fraction of sp³-hybridized carbons (Fsp3) is 0.333. The molecule has 4 amide bonds. The van der Waals surface area contributed by atoms with Gasteiger partial charge in [-0.1, -0.05) is 46.4 Å². The van der Waals surface area contributed by atoms with E-state index in [9.17, 15) is 9.59 Å². The van der Waals surface area contributed by atoms with Crippen molar-refractivity contribution in [1.29, 1.82) is 10.8 Å². The van der Waals surface area contributed by atoms with Crippen LogP contribution >= 0.6 is 58.8 Å². The Kier molecular flexibility index (Phi) is 14.2. The van der Waals surface area contributed by atoms with Crippen molar-refractivity contribution in [2.45, 2.75) is 40.2 Å². The van der Waals surface area contributed by atoms with Crippen molar-refractivity contribution in [3.63, 3.8) is 0 Å². The van der Waals surface area contributed by atoms with Crippen LogP contribution in [-0.4, -0.2) is 43.6 Å². The molecule has 0 aromatic heterocycles. The number of amides is 4. The third kappa shape index (κ3) is 11.6. The molecular formula is C24H33Cl5N8O2. The average Bonchev–Trinajstić information content (AvgIpc) is 2.70. The summed E-state index contributed by atoms with van der Waals surface area (Å²) in [7, 11) is 3.25. The van der Waals surface area contributed by atoms with Crippen LogP contribution in [0.15, 0.2) is 24.3 Å². The fourth-order valence-electron chi connectivity index (χ4n) is 3.23. The van der Waals surface area contributed by atoms with Crippen molar-refractivity contribution in [3.05, 3.63) is 55.5 Å². The van der Waals surface area contributed by atoms with E-state index in [0.29, 0.717) is 31.5 Å². The van der Waals surface area contributed by atoms with E-state index in [0.717, 1.165) is 11.1 Å². The van der Waals surface area contributed by atoms with Gasteiger partial charge < -0.3 is 20.9 Å². The number of carbonyl (C=O) groups excluding carboxylic acids is 2. The van der Waals surface area contributed by atoms with Gasteiger partial charge >= 0.3 is 12.1 Å². The molecule has 0 aliphatic heterocycles. The average molecular weight is 643 g/mol. The lowest BCUT2D eigenvalue weighted by Gasteiger charge is -2.26. The van der Waals surface area contributed by atoms with Gasteiger partial charge in [0, 0.05) is 29.7 Å². The van der Waals surface area contributed by atoms with Gasteiger partial charge in [-0.2, -0.15) is 0 Å². The Morgan fingerprint density at radius 1 is 0.795 bits per heavy atom. The topological polar surface area (TPSA) is 150 Å². The Labute approximate surface area is 254 Å². The predicted molar refractivity (Wildman–Crippen MR) is 166 cm³/mol. The second-order valence-corrected chi connectivity index (χ2v) is 10.9. The maximum Gasteiger partial charge on any atom is 0.321 e. The molecule has 0 bridgehead atoms. The number of urea groups is 2. The summed E-state index contributed by atoms with van der Waals surface area (Å²) < 4.78 is 0. The van der Waals surface area contributed by atoms with E-state index in [1.165, 1.54) is 9.80 Å². The Morgan fingerprint density at radius 3 is 1.46 bits per heavy atom. The fourth-order valence-corrected chi connectivity index (χ4v) is 4.67. The molecule has 0 unspecified atom stereocenters. The maximum atomic E-state index is 11.8. The first-order chi connectivity index (χ1) is 17.3. The molecule has 216 valence electrons. The van der Waals surface area contributed by atoms with Crippen LogP contribution in [0.25, 0.3) is 0 Å². The third-order valence-electron chi connectivity index (χ3n) is 4.74. The van der Waals surface area contributed by atoms with Crippen molar-refractivity contribution in [1.82, 2.24) is 16.0 Å². The number of primary amides is 1. The summed E-state index contributed by atoms with van der Waals surface area (Å²) in [6, 6.07) is 5.40. The maximum absolute atomic E-state index is 11.8. The highest BCUT2D eigenvalue weighted by molar-refractivity contribution is 6.37. The van der Waals surface area contributed by atoms with Gasteiger partial charge in [0.1, 0.15) is 0 Å². The van der Waals surface area contributed by atoms with Crippen molar-refractivity contribution < 1.29 is 9.59 Å². The van der Waals surface area contributed by atoms with Crippen LogP contribution < -0.4 is 31.5 Å². The van der Waals surface area contributed by atoms with E-state index in [1.54, 1.807) is 45.3 Å². The number of halogens is 5. The zero-order chi connectivity index (χ0) is 29.5. The molecule has 0 fully saturated rings. The number of benzene rings is 2. The lowest BCUT2D eigenvalue weighted by atomic mass is 10.1. The number of hydrogen-bond donors (Lipinski definition) is 6. The summed E-state index contributed by atoms with van der Waals surface area (Å²) in [5.41, 5.74) is 7.39. The van der Waals surface area contributed by atoms with Crippen LogP contribution in [0.1, 0.15) is 31.9 Å². The first kappa shape index (κ1) is 36.4. The number of anilines is 2. The first-order valence-corrected chi connectivity index (χ1v) is 12.6. The minimum Gasteiger partial charge on any atom is -0.351 e. The van der Waals surface area contributed by atoms with Gasteiger partial charge in [0.25, 0.3) is 0 Å². The molecule has 15 heteroatoms. The first-order valence-electron chi connectivity index (χ1n) is 11.1. The van der Waals surface area contributed by atoms with E-state index in [1.807, 2.05) is 27.7 Å². The lowest BCUT2D eigenvalue weighted by Crippen LogP contribution is -2.51. The molecule has 2 aromatic rings. The number of rotatable bonds is 2. The molecule has 0 atom stereocenters. The third-order valence-corrected chi connectivity index (χ3v) is 5.75. The monoisotopic (exact) mass is 640 g/mol. The zero-order valence-corrected chi connectivity index (χ0v) is 26.4. The van der Waals surface area contributed by atoms with Gasteiger partial charge in [-0.15, -0.1) is 12.4 Å². The highest BCUT2D eigenvalue weighted by Crippen LogP contribution is 2.33. The SMILES string of the molecule is Cc1cc(Cl)cc(Cl)c1N(C)C(=N)NC(=O)NC(C)(C)C.Cc1cc(Cl)cc(Cl)c1N(C)C(=N)NC(N)=O.Cl. The second-order valence-electron chi connectivity index (χ2n) is 9.24. The number of nitrogens with zero attached hydrogens (tertiary/aromatic N) is 2. The van der Waals surface area contributed by atoms with Crippen LogP contribution in [-0.2, 0) is 0 Å². The molecule has 0 radical (unpaired) electrons. The summed E-state index contributed by atoms with van der Waals surface area (Å²) in [5.74, 6) is -0.242. The Bertz CT molecular complexity index is 1190. The zero-order valence-electron chi connectivity index (χ0n) is 22.5. The Hall–Kier alpha value is -2.63. The molecule has 2 rings (SSSR count). The molecule has 0 spiro atoms. The van der Waals surface area contributed by atoms with Crippen molar-refractivity contribution >= 4 is 94.2 Å². The Balaban J connectivity index is 0.000000737. The molecule has 0 heterocycles. The van der Waals surface area contributed by atoms with E-state index < -0.39 is 12.1 Å². The molecule has 2 aromatic carbocycles. The standard InChI is InChI=1S/C14H20Cl2N4O.C10H12Cl2N4O.ClH/c1-8-6-9(15)7-10(16)11(8)20(5)12(17)18-13(21)19-14(2,3)4;1-5-3-6(11)4-7(12)8(5)16(2)9(13)15-10(14)17;/h6-7H,1-5H3,(H3,17,18,19,21);3-4H,1-2H3,(H4,13,14,15,17);1H. The minimum absolute atomic E-state index is 0. The number of aryl methyl sites for hydroxylation is 2. The van der Waals surface area contributed by atoms with E-state index in [2.05, 4.69) is 16.0 Å². The van der Waals surface area contributed by atoms with Gasteiger partial charge in [0.15, 0.2) is 0 Å². The van der Waals surface area contributed by atoms with Crippen LogP contribution in [0.2, 0.25) is 20.1 Å². The molecule has 10 nitrogen and oxygen atoms in total. The molecule has 7 N–H and O–H groups in total. The highest BCUT2D eigenvalue weighted by atomic mass is 35.5. The number of hydrogen-bond acceptors (Lipinski definition) is 4. The normalized spacial score (nSPS) is 10.2. The summed E-state index contributed by atoms with van der Waals surface area (Å²) >= 11 is 24.0. The minimum atomic E-state index is -0.801. The van der Waals surface area contributed by atoms with Crippen LogP contribution in [0.5, 0.6) is 0 Å². The van der Waals surface area contributed by atoms with Gasteiger partial charge in [-0.25, -0.2) is 9.59 Å². The van der Waals surface area contributed by atoms with Gasteiger partial charge in [-0.05, 0) is 70.0 Å². The molecule has 0 aliphatic carbocycles. The number of carbonyl (C=O) groups is 2. The lowest BCUT2D eigenvalue weighted by molar-refractivity contribution is 0.236. The Morgan fingerprint density at radius 2 is 1.15 bits per heavy atom. The summed E-state index contributed by atoms with van der Waals surface area (Å²) in [4.78, 5) is 25.4. The molecule has 39 heavy (non-hydrogen) atoms. The predicted octanol–water partition coefficient (Wildman–Crippen LogP) is 6.53.